The Morgan fingerprint density at radius 1 is 1.04 bits per heavy atom. The predicted molar refractivity (Wildman–Crippen MR) is 108 cm³/mol. The molecule has 28 heavy (non-hydrogen) atoms. The summed E-state index contributed by atoms with van der Waals surface area (Å²) in [6.07, 6.45) is 3.82. The summed E-state index contributed by atoms with van der Waals surface area (Å²) in [4.78, 5) is 17.3. The van der Waals surface area contributed by atoms with E-state index in [2.05, 4.69) is 35.2 Å². The molecule has 1 unspecified atom stereocenters. The Bertz CT molecular complexity index is 882. The molecule has 0 N–H and O–H groups in total. The average Bonchev–Trinajstić information content (AvgIpc) is 3.38. The number of nitrogens with zero attached hydrogens (tertiary/aromatic N) is 2. The van der Waals surface area contributed by atoms with Crippen LogP contribution in [0.25, 0.3) is 0 Å². The van der Waals surface area contributed by atoms with E-state index in [0.717, 1.165) is 49.7 Å². The Kier molecular flexibility index (Phi) is 4.69. The molecule has 5 rings (SSSR count). The molecule has 2 aromatic carbocycles. The van der Waals surface area contributed by atoms with Crippen molar-refractivity contribution < 1.29 is 14.3 Å². The number of likely N-dealkylation sites (tertiary alicyclic amines) is 1. The molecule has 1 fully saturated rings. The Morgan fingerprint density at radius 3 is 2.82 bits per heavy atom. The first-order valence-electron chi connectivity index (χ1n) is 10.3. The molecule has 3 aliphatic heterocycles. The van der Waals surface area contributed by atoms with Crippen LogP contribution in [-0.4, -0.2) is 43.7 Å². The monoisotopic (exact) mass is 378 g/mol. The van der Waals surface area contributed by atoms with Crippen molar-refractivity contribution >= 4 is 11.6 Å². The number of hydrogen-bond acceptors (Lipinski definition) is 4. The van der Waals surface area contributed by atoms with Gasteiger partial charge in [0.2, 0.25) is 5.91 Å². The van der Waals surface area contributed by atoms with Gasteiger partial charge < -0.3 is 14.4 Å². The lowest BCUT2D eigenvalue weighted by Gasteiger charge is -2.27. The first-order valence-corrected chi connectivity index (χ1v) is 10.3. The van der Waals surface area contributed by atoms with E-state index in [9.17, 15) is 4.79 Å². The molecule has 2 aromatic rings. The van der Waals surface area contributed by atoms with Gasteiger partial charge in [0.1, 0.15) is 13.2 Å². The molecular formula is C23H26N2O3. The van der Waals surface area contributed by atoms with Gasteiger partial charge in [-0.05, 0) is 55.1 Å². The molecule has 5 heteroatoms. The van der Waals surface area contributed by atoms with Crippen molar-refractivity contribution in [1.29, 1.82) is 0 Å². The van der Waals surface area contributed by atoms with Crippen LogP contribution in [0.4, 0.5) is 5.69 Å². The molecule has 0 radical (unpaired) electrons. The van der Waals surface area contributed by atoms with Crippen LogP contribution >= 0.6 is 0 Å². The van der Waals surface area contributed by atoms with E-state index in [1.807, 2.05) is 17.0 Å². The number of amides is 1. The van der Waals surface area contributed by atoms with Gasteiger partial charge in [0.05, 0.1) is 0 Å². The van der Waals surface area contributed by atoms with Gasteiger partial charge >= 0.3 is 0 Å². The molecule has 5 nitrogen and oxygen atoms in total. The largest absolute Gasteiger partial charge is 0.486 e. The van der Waals surface area contributed by atoms with Gasteiger partial charge in [-0.2, -0.15) is 0 Å². The second kappa shape index (κ2) is 7.47. The van der Waals surface area contributed by atoms with Crippen LogP contribution in [0.2, 0.25) is 0 Å². The van der Waals surface area contributed by atoms with Crippen LogP contribution < -0.4 is 14.4 Å². The summed E-state index contributed by atoms with van der Waals surface area (Å²) in [6, 6.07) is 14.9. The maximum absolute atomic E-state index is 12.9. The number of benzene rings is 2. The highest BCUT2D eigenvalue weighted by molar-refractivity contribution is 5.95. The Labute approximate surface area is 165 Å². The first kappa shape index (κ1) is 17.6. The molecule has 0 bridgehead atoms. The number of hydrogen-bond donors (Lipinski definition) is 0. The number of carbonyl (C=O) groups is 1. The van der Waals surface area contributed by atoms with E-state index >= 15 is 0 Å². The fourth-order valence-electron chi connectivity index (χ4n) is 4.71. The van der Waals surface area contributed by atoms with Crippen molar-refractivity contribution in [3.8, 4) is 11.5 Å². The Morgan fingerprint density at radius 2 is 1.89 bits per heavy atom. The summed E-state index contributed by atoms with van der Waals surface area (Å²) in [7, 11) is 0. The molecule has 146 valence electrons. The molecule has 1 atom stereocenters. The van der Waals surface area contributed by atoms with Gasteiger partial charge in [0, 0.05) is 31.2 Å². The third kappa shape index (κ3) is 3.24. The van der Waals surface area contributed by atoms with Gasteiger partial charge in [-0.3, -0.25) is 9.69 Å². The van der Waals surface area contributed by atoms with Crippen molar-refractivity contribution in [2.45, 2.75) is 31.7 Å². The minimum atomic E-state index is 0.234. The lowest BCUT2D eigenvalue weighted by Crippen LogP contribution is -2.33. The van der Waals surface area contributed by atoms with Gasteiger partial charge in [-0.1, -0.05) is 24.3 Å². The van der Waals surface area contributed by atoms with Gasteiger partial charge in [-0.25, -0.2) is 0 Å². The topological polar surface area (TPSA) is 42.0 Å². The van der Waals surface area contributed by atoms with Crippen LogP contribution in [0.1, 0.15) is 36.4 Å². The third-order valence-corrected chi connectivity index (χ3v) is 6.12. The zero-order valence-electron chi connectivity index (χ0n) is 16.1. The molecule has 0 saturated carbocycles. The second-order valence-electron chi connectivity index (χ2n) is 7.77. The molecule has 0 spiro atoms. The van der Waals surface area contributed by atoms with Crippen LogP contribution in [0.15, 0.2) is 42.5 Å². The summed E-state index contributed by atoms with van der Waals surface area (Å²) in [5.74, 6) is 1.92. The van der Waals surface area contributed by atoms with E-state index in [-0.39, 0.29) is 5.91 Å². The summed E-state index contributed by atoms with van der Waals surface area (Å²) < 4.78 is 11.4. The summed E-state index contributed by atoms with van der Waals surface area (Å²) >= 11 is 0. The number of ether oxygens (including phenoxy) is 2. The lowest BCUT2D eigenvalue weighted by molar-refractivity contribution is -0.118. The predicted octanol–water partition coefficient (Wildman–Crippen LogP) is 3.57. The van der Waals surface area contributed by atoms with Gasteiger partial charge in [0.25, 0.3) is 0 Å². The normalized spacial score (nSPS) is 21.0. The number of para-hydroxylation sites is 1. The first-order chi connectivity index (χ1) is 13.8. The minimum absolute atomic E-state index is 0.234. The Hall–Kier alpha value is -2.53. The Balaban J connectivity index is 1.25. The quantitative estimate of drug-likeness (QED) is 0.816. The summed E-state index contributed by atoms with van der Waals surface area (Å²) in [5, 5.41) is 0. The molecule has 1 saturated heterocycles. The maximum atomic E-state index is 12.9. The average molecular weight is 378 g/mol. The van der Waals surface area contributed by atoms with Crippen molar-refractivity contribution in [3.05, 3.63) is 53.6 Å². The third-order valence-electron chi connectivity index (χ3n) is 6.12. The fraction of sp³-hybridized carbons (Fsp3) is 0.435. The zero-order chi connectivity index (χ0) is 18.9. The van der Waals surface area contributed by atoms with Crippen molar-refractivity contribution in [3.63, 3.8) is 0 Å². The molecule has 0 aliphatic carbocycles. The number of fused-ring (bicyclic) bond motifs is 2. The van der Waals surface area contributed by atoms with Crippen molar-refractivity contribution in [1.82, 2.24) is 4.90 Å². The van der Waals surface area contributed by atoms with Crippen molar-refractivity contribution in [2.75, 3.05) is 37.7 Å². The number of anilines is 1. The highest BCUT2D eigenvalue weighted by Gasteiger charge is 2.29. The maximum Gasteiger partial charge on any atom is 0.228 e. The molecular weight excluding hydrogens is 352 g/mol. The highest BCUT2D eigenvalue weighted by atomic mass is 16.6. The van der Waals surface area contributed by atoms with Crippen molar-refractivity contribution in [2.24, 2.45) is 0 Å². The highest BCUT2D eigenvalue weighted by Crippen LogP contribution is 2.38. The fourth-order valence-corrected chi connectivity index (χ4v) is 4.71. The van der Waals surface area contributed by atoms with Crippen LogP contribution in [0.3, 0.4) is 0 Å². The SMILES string of the molecule is O=C(CCN1CCCC1c1ccc2c(c1)OCCO2)N1CCc2ccccc21. The lowest BCUT2D eigenvalue weighted by atomic mass is 10.0. The second-order valence-corrected chi connectivity index (χ2v) is 7.77. The van der Waals surface area contributed by atoms with Crippen LogP contribution in [-0.2, 0) is 11.2 Å². The standard InChI is InChI=1S/C23H26N2O3/c26-23(25-13-9-17-4-1-2-5-20(17)25)10-12-24-11-3-6-19(24)18-7-8-21-22(16-18)28-15-14-27-21/h1-2,4-5,7-8,16,19H,3,6,9-15H2. The molecule has 3 heterocycles. The zero-order valence-corrected chi connectivity index (χ0v) is 16.1. The molecule has 0 aromatic heterocycles. The number of rotatable bonds is 4. The van der Waals surface area contributed by atoms with Gasteiger partial charge in [-0.15, -0.1) is 0 Å². The van der Waals surface area contributed by atoms with Gasteiger partial charge in [0.15, 0.2) is 11.5 Å². The number of carbonyl (C=O) groups excluding carboxylic acids is 1. The van der Waals surface area contributed by atoms with E-state index in [1.165, 1.54) is 17.5 Å². The molecule has 1 amide bonds. The van der Waals surface area contributed by atoms with E-state index in [0.29, 0.717) is 25.7 Å². The smallest absolute Gasteiger partial charge is 0.228 e. The summed E-state index contributed by atoms with van der Waals surface area (Å²) in [5.41, 5.74) is 3.64. The van der Waals surface area contributed by atoms with E-state index in [1.54, 1.807) is 0 Å². The van der Waals surface area contributed by atoms with Crippen LogP contribution in [0.5, 0.6) is 11.5 Å². The van der Waals surface area contributed by atoms with E-state index in [4.69, 9.17) is 9.47 Å². The molecule has 3 aliphatic rings. The summed E-state index contributed by atoms with van der Waals surface area (Å²) in [6.45, 7) is 3.88. The van der Waals surface area contributed by atoms with E-state index < -0.39 is 0 Å². The van der Waals surface area contributed by atoms with Crippen LogP contribution in [0, 0.1) is 0 Å². The minimum Gasteiger partial charge on any atom is -0.486 e.